The predicted octanol–water partition coefficient (Wildman–Crippen LogP) is 3.46. The van der Waals surface area contributed by atoms with Crippen molar-refractivity contribution in [3.8, 4) is 0 Å². The van der Waals surface area contributed by atoms with Crippen LogP contribution in [-0.2, 0) is 16.0 Å². The maximum Gasteiger partial charge on any atom is 0.414 e. The fraction of sp³-hybridized carbons (Fsp3) is 0.263. The van der Waals surface area contributed by atoms with Gasteiger partial charge in [-0.1, -0.05) is 37.3 Å². The van der Waals surface area contributed by atoms with Gasteiger partial charge in [0.05, 0.1) is 6.54 Å². The number of ether oxygens (including phenoxy) is 1. The Balaban J connectivity index is 1.59. The molecule has 0 aromatic heterocycles. The molecule has 5 nitrogen and oxygen atoms in total. The molecule has 1 atom stereocenters. The number of hydrogen-bond acceptors (Lipinski definition) is 3. The minimum Gasteiger partial charge on any atom is -0.447 e. The molecular formula is C19H20N2O3. The largest absolute Gasteiger partial charge is 0.447 e. The third-order valence-electron chi connectivity index (χ3n) is 4.04. The monoisotopic (exact) mass is 324 g/mol. The molecule has 1 heterocycles. The minimum absolute atomic E-state index is 0.0211. The molecule has 3 rings (SSSR count). The Morgan fingerprint density at radius 2 is 1.88 bits per heavy atom. The number of nitrogens with zero attached hydrogens (tertiary/aromatic N) is 1. The third-order valence-corrected chi connectivity index (χ3v) is 4.04. The molecule has 5 heteroatoms. The van der Waals surface area contributed by atoms with Gasteiger partial charge >= 0.3 is 6.09 Å². The molecule has 0 aliphatic carbocycles. The van der Waals surface area contributed by atoms with Gasteiger partial charge in [0.2, 0.25) is 5.91 Å². The third kappa shape index (κ3) is 3.74. The lowest BCUT2D eigenvalue weighted by atomic mass is 10.0. The number of rotatable bonds is 5. The van der Waals surface area contributed by atoms with Crippen LogP contribution in [0, 0.1) is 5.92 Å². The lowest BCUT2D eigenvalue weighted by molar-refractivity contribution is -0.119. The number of carbonyl (C=O) groups is 2. The second-order valence-electron chi connectivity index (χ2n) is 5.89. The highest BCUT2D eigenvalue weighted by molar-refractivity contribution is 5.93. The molecule has 2 aromatic rings. The first kappa shape index (κ1) is 16.1. The number of amides is 2. The van der Waals surface area contributed by atoms with E-state index < -0.39 is 0 Å². The van der Waals surface area contributed by atoms with Crippen LogP contribution in [0.3, 0.4) is 0 Å². The first-order valence-corrected chi connectivity index (χ1v) is 8.02. The van der Waals surface area contributed by atoms with Gasteiger partial charge in [-0.25, -0.2) is 4.79 Å². The summed E-state index contributed by atoms with van der Waals surface area (Å²) in [7, 11) is 0. The van der Waals surface area contributed by atoms with Crippen LogP contribution in [0.25, 0.3) is 0 Å². The van der Waals surface area contributed by atoms with Crippen molar-refractivity contribution >= 4 is 23.4 Å². The highest BCUT2D eigenvalue weighted by Gasteiger charge is 2.23. The summed E-state index contributed by atoms with van der Waals surface area (Å²) in [6.45, 7) is 2.88. The van der Waals surface area contributed by atoms with Crippen molar-refractivity contribution in [3.63, 3.8) is 0 Å². The lowest BCUT2D eigenvalue weighted by Crippen LogP contribution is -2.24. The number of nitrogens with one attached hydrogen (secondary N) is 1. The van der Waals surface area contributed by atoms with Gasteiger partial charge in [-0.3, -0.25) is 9.69 Å². The number of cyclic esters (lactones) is 1. The normalized spacial score (nSPS) is 15.0. The number of anilines is 2. The fourth-order valence-electron chi connectivity index (χ4n) is 2.68. The van der Waals surface area contributed by atoms with Gasteiger partial charge in [-0.05, 0) is 36.2 Å². The molecule has 2 aromatic carbocycles. The SMILES string of the molecule is CC(Cc1ccccc1)C(=O)Nc1ccc(N2CCOC2=O)cc1. The summed E-state index contributed by atoms with van der Waals surface area (Å²) in [5.74, 6) is -0.146. The van der Waals surface area contributed by atoms with E-state index in [0.29, 0.717) is 19.6 Å². The number of benzene rings is 2. The van der Waals surface area contributed by atoms with Gasteiger partial charge in [0.15, 0.2) is 0 Å². The molecule has 0 saturated carbocycles. The van der Waals surface area contributed by atoms with Crippen LogP contribution >= 0.6 is 0 Å². The summed E-state index contributed by atoms with van der Waals surface area (Å²) < 4.78 is 4.92. The molecule has 0 bridgehead atoms. The molecule has 124 valence electrons. The summed E-state index contributed by atoms with van der Waals surface area (Å²) in [6, 6.07) is 17.2. The summed E-state index contributed by atoms with van der Waals surface area (Å²) >= 11 is 0. The Morgan fingerprint density at radius 1 is 1.17 bits per heavy atom. The maximum atomic E-state index is 12.3. The first-order valence-electron chi connectivity index (χ1n) is 8.02. The van der Waals surface area contributed by atoms with E-state index in [1.165, 1.54) is 0 Å². The van der Waals surface area contributed by atoms with Gasteiger partial charge in [-0.2, -0.15) is 0 Å². The van der Waals surface area contributed by atoms with E-state index in [0.717, 1.165) is 16.9 Å². The Kier molecular flexibility index (Phi) is 4.79. The summed E-state index contributed by atoms with van der Waals surface area (Å²) in [5.41, 5.74) is 2.63. The molecule has 1 fully saturated rings. The summed E-state index contributed by atoms with van der Waals surface area (Å²) in [6.07, 6.45) is 0.368. The van der Waals surface area contributed by atoms with E-state index in [2.05, 4.69) is 5.32 Å². The van der Waals surface area contributed by atoms with Crippen LogP contribution in [-0.4, -0.2) is 25.2 Å². The van der Waals surface area contributed by atoms with Crippen molar-refractivity contribution in [1.29, 1.82) is 0 Å². The second kappa shape index (κ2) is 7.17. The minimum atomic E-state index is -0.330. The van der Waals surface area contributed by atoms with E-state index in [4.69, 9.17) is 4.74 Å². The van der Waals surface area contributed by atoms with Gasteiger partial charge in [0.1, 0.15) is 6.61 Å². The summed E-state index contributed by atoms with van der Waals surface area (Å²) in [4.78, 5) is 25.4. The Labute approximate surface area is 141 Å². The van der Waals surface area contributed by atoms with Gasteiger partial charge < -0.3 is 10.1 Å². The second-order valence-corrected chi connectivity index (χ2v) is 5.89. The molecule has 24 heavy (non-hydrogen) atoms. The molecule has 1 aliphatic rings. The zero-order valence-electron chi connectivity index (χ0n) is 13.6. The van der Waals surface area contributed by atoms with Crippen molar-refractivity contribution in [2.45, 2.75) is 13.3 Å². The fourth-order valence-corrected chi connectivity index (χ4v) is 2.68. The Bertz CT molecular complexity index is 713. The van der Waals surface area contributed by atoms with E-state index in [-0.39, 0.29) is 17.9 Å². The Morgan fingerprint density at radius 3 is 2.50 bits per heavy atom. The van der Waals surface area contributed by atoms with Crippen LogP contribution < -0.4 is 10.2 Å². The van der Waals surface area contributed by atoms with Crippen molar-refractivity contribution < 1.29 is 14.3 Å². The molecule has 1 N–H and O–H groups in total. The summed E-state index contributed by atoms with van der Waals surface area (Å²) in [5, 5.41) is 2.92. The standard InChI is InChI=1S/C19H20N2O3/c1-14(13-15-5-3-2-4-6-15)18(22)20-16-7-9-17(10-8-16)21-11-12-24-19(21)23/h2-10,14H,11-13H2,1H3,(H,20,22). The van der Waals surface area contributed by atoms with E-state index >= 15 is 0 Å². The van der Waals surface area contributed by atoms with Crippen LogP contribution in [0.15, 0.2) is 54.6 Å². The van der Waals surface area contributed by atoms with Crippen molar-refractivity contribution in [3.05, 3.63) is 60.2 Å². The van der Waals surface area contributed by atoms with Crippen LogP contribution in [0.4, 0.5) is 16.2 Å². The molecular weight excluding hydrogens is 304 g/mol. The Hall–Kier alpha value is -2.82. The molecule has 0 spiro atoms. The lowest BCUT2D eigenvalue weighted by Gasteiger charge is -2.15. The van der Waals surface area contributed by atoms with Crippen molar-refractivity contribution in [2.75, 3.05) is 23.4 Å². The highest BCUT2D eigenvalue weighted by atomic mass is 16.6. The van der Waals surface area contributed by atoms with Crippen LogP contribution in [0.5, 0.6) is 0 Å². The van der Waals surface area contributed by atoms with Gasteiger partial charge in [-0.15, -0.1) is 0 Å². The average Bonchev–Trinajstić information content (AvgIpc) is 3.02. The smallest absolute Gasteiger partial charge is 0.414 e. The van der Waals surface area contributed by atoms with E-state index in [1.54, 1.807) is 17.0 Å². The van der Waals surface area contributed by atoms with Gasteiger partial charge in [0, 0.05) is 17.3 Å². The zero-order valence-corrected chi connectivity index (χ0v) is 13.6. The molecule has 0 radical (unpaired) electrons. The molecule has 1 unspecified atom stereocenters. The van der Waals surface area contributed by atoms with Crippen LogP contribution in [0.2, 0.25) is 0 Å². The first-order chi connectivity index (χ1) is 11.6. The maximum absolute atomic E-state index is 12.3. The quantitative estimate of drug-likeness (QED) is 0.916. The van der Waals surface area contributed by atoms with E-state index in [9.17, 15) is 9.59 Å². The van der Waals surface area contributed by atoms with Crippen molar-refractivity contribution in [2.24, 2.45) is 5.92 Å². The predicted molar refractivity (Wildman–Crippen MR) is 93.1 cm³/mol. The van der Waals surface area contributed by atoms with Crippen molar-refractivity contribution in [1.82, 2.24) is 0 Å². The zero-order chi connectivity index (χ0) is 16.9. The highest BCUT2D eigenvalue weighted by Crippen LogP contribution is 2.21. The number of carbonyl (C=O) groups excluding carboxylic acids is 2. The molecule has 1 saturated heterocycles. The average molecular weight is 324 g/mol. The molecule has 2 amide bonds. The van der Waals surface area contributed by atoms with E-state index in [1.807, 2.05) is 49.4 Å². The number of hydrogen-bond donors (Lipinski definition) is 1. The topological polar surface area (TPSA) is 58.6 Å². The van der Waals surface area contributed by atoms with Gasteiger partial charge in [0.25, 0.3) is 0 Å². The van der Waals surface area contributed by atoms with Crippen LogP contribution in [0.1, 0.15) is 12.5 Å². The molecule has 1 aliphatic heterocycles.